The molecule has 16 heavy (non-hydrogen) atoms. The van der Waals surface area contributed by atoms with Crippen LogP contribution in [0.1, 0.15) is 36.0 Å². The highest BCUT2D eigenvalue weighted by atomic mass is 35.5. The fraction of sp³-hybridized carbons (Fsp3) is 0.545. The second kappa shape index (κ2) is 4.47. The summed E-state index contributed by atoms with van der Waals surface area (Å²) in [5, 5.41) is 12.8. The van der Waals surface area contributed by atoms with Gasteiger partial charge in [-0.2, -0.15) is 0 Å². The maximum Gasteiger partial charge on any atom is 0.256 e. The fourth-order valence-corrected chi connectivity index (χ4v) is 2.21. The predicted octanol–water partition coefficient (Wildman–Crippen LogP) is 1.97. The van der Waals surface area contributed by atoms with Crippen LogP contribution in [-0.4, -0.2) is 23.2 Å². The molecule has 1 heterocycles. The highest BCUT2D eigenvalue weighted by molar-refractivity contribution is 6.32. The molecule has 0 unspecified atom stereocenters. The number of nitrogens with one attached hydrogen (secondary N) is 1. The highest BCUT2D eigenvalue weighted by Crippen LogP contribution is 2.28. The Kier molecular flexibility index (Phi) is 3.21. The summed E-state index contributed by atoms with van der Waals surface area (Å²) >= 11 is 5.67. The van der Waals surface area contributed by atoms with Crippen molar-refractivity contribution in [2.75, 3.05) is 6.54 Å². The van der Waals surface area contributed by atoms with Crippen LogP contribution in [0.25, 0.3) is 0 Å². The molecule has 0 bridgehead atoms. The molecule has 1 saturated carbocycles. The smallest absolute Gasteiger partial charge is 0.256 e. The van der Waals surface area contributed by atoms with Crippen LogP contribution in [0.15, 0.2) is 16.7 Å². The number of amides is 1. The first-order valence-corrected chi connectivity index (χ1v) is 5.72. The van der Waals surface area contributed by atoms with Crippen LogP contribution in [0.5, 0.6) is 0 Å². The molecule has 2 rings (SSSR count). The van der Waals surface area contributed by atoms with E-state index in [-0.39, 0.29) is 17.7 Å². The molecule has 0 aliphatic heterocycles. The van der Waals surface area contributed by atoms with E-state index < -0.39 is 5.60 Å². The molecule has 0 atom stereocenters. The Labute approximate surface area is 98.6 Å². The molecular weight excluding hydrogens is 230 g/mol. The number of halogens is 1. The molecule has 0 radical (unpaired) electrons. The largest absolute Gasteiger partial charge is 0.452 e. The number of furan rings is 1. The summed E-state index contributed by atoms with van der Waals surface area (Å²) in [6.45, 7) is 0.271. The molecule has 0 saturated heterocycles. The van der Waals surface area contributed by atoms with Crippen molar-refractivity contribution in [2.24, 2.45) is 0 Å². The van der Waals surface area contributed by atoms with Crippen LogP contribution in [-0.2, 0) is 0 Å². The van der Waals surface area contributed by atoms with Crippen molar-refractivity contribution in [1.82, 2.24) is 5.32 Å². The first-order valence-electron chi connectivity index (χ1n) is 5.34. The van der Waals surface area contributed by atoms with Crippen LogP contribution >= 0.6 is 11.6 Å². The molecule has 1 aromatic rings. The van der Waals surface area contributed by atoms with Gasteiger partial charge in [0.2, 0.25) is 5.22 Å². The summed E-state index contributed by atoms with van der Waals surface area (Å²) in [4.78, 5) is 11.7. The third-order valence-corrected chi connectivity index (χ3v) is 3.27. The molecule has 1 aliphatic carbocycles. The van der Waals surface area contributed by atoms with Crippen LogP contribution in [0, 0.1) is 0 Å². The van der Waals surface area contributed by atoms with Gasteiger partial charge in [0.15, 0.2) is 0 Å². The lowest BCUT2D eigenvalue weighted by Gasteiger charge is -2.22. The van der Waals surface area contributed by atoms with Gasteiger partial charge in [-0.3, -0.25) is 4.79 Å². The minimum Gasteiger partial charge on any atom is -0.452 e. The van der Waals surface area contributed by atoms with Gasteiger partial charge < -0.3 is 14.8 Å². The van der Waals surface area contributed by atoms with E-state index in [9.17, 15) is 9.90 Å². The molecule has 0 spiro atoms. The van der Waals surface area contributed by atoms with Crippen molar-refractivity contribution < 1.29 is 14.3 Å². The van der Waals surface area contributed by atoms with Gasteiger partial charge in [0.05, 0.1) is 17.4 Å². The van der Waals surface area contributed by atoms with Crippen molar-refractivity contribution in [3.8, 4) is 0 Å². The van der Waals surface area contributed by atoms with Crippen molar-refractivity contribution in [1.29, 1.82) is 0 Å². The van der Waals surface area contributed by atoms with E-state index in [1.807, 2.05) is 0 Å². The van der Waals surface area contributed by atoms with Crippen molar-refractivity contribution in [3.05, 3.63) is 23.1 Å². The van der Waals surface area contributed by atoms with Crippen molar-refractivity contribution in [3.63, 3.8) is 0 Å². The first-order chi connectivity index (χ1) is 7.61. The van der Waals surface area contributed by atoms with Gasteiger partial charge in [0, 0.05) is 6.54 Å². The maximum absolute atomic E-state index is 11.7. The summed E-state index contributed by atoms with van der Waals surface area (Å²) in [7, 11) is 0. The first kappa shape index (κ1) is 11.5. The predicted molar refractivity (Wildman–Crippen MR) is 59.5 cm³/mol. The minimum atomic E-state index is -0.744. The van der Waals surface area contributed by atoms with Gasteiger partial charge in [-0.05, 0) is 30.5 Å². The summed E-state index contributed by atoms with van der Waals surface area (Å²) in [5.74, 6) is -0.306. The van der Waals surface area contributed by atoms with Gasteiger partial charge in [-0.25, -0.2) is 0 Å². The van der Waals surface area contributed by atoms with Crippen LogP contribution in [0.3, 0.4) is 0 Å². The third-order valence-electron chi connectivity index (χ3n) is 2.97. The summed E-state index contributed by atoms with van der Waals surface area (Å²) in [6, 6.07) is 1.51. The number of carbonyl (C=O) groups is 1. The Morgan fingerprint density at radius 2 is 2.25 bits per heavy atom. The molecule has 2 N–H and O–H groups in total. The van der Waals surface area contributed by atoms with E-state index in [4.69, 9.17) is 16.0 Å². The Balaban J connectivity index is 1.91. The van der Waals surface area contributed by atoms with Crippen LogP contribution < -0.4 is 5.32 Å². The second-order valence-electron chi connectivity index (χ2n) is 4.22. The summed E-state index contributed by atoms with van der Waals surface area (Å²) < 4.78 is 4.82. The molecule has 1 aliphatic rings. The Morgan fingerprint density at radius 1 is 1.56 bits per heavy atom. The molecule has 88 valence electrons. The van der Waals surface area contributed by atoms with Crippen molar-refractivity contribution >= 4 is 17.5 Å². The quantitative estimate of drug-likeness (QED) is 0.853. The standard InChI is InChI=1S/C11H14ClNO3/c12-9-8(3-6-16-9)10(14)13-7-11(15)4-1-2-5-11/h3,6,15H,1-2,4-5,7H2,(H,13,14). The number of aliphatic hydroxyl groups is 1. The van der Waals surface area contributed by atoms with E-state index in [0.717, 1.165) is 25.7 Å². The van der Waals surface area contributed by atoms with Gasteiger partial charge in [0.25, 0.3) is 5.91 Å². The molecule has 1 amide bonds. The number of rotatable bonds is 3. The molecule has 4 nitrogen and oxygen atoms in total. The molecule has 0 aromatic carbocycles. The third kappa shape index (κ3) is 2.39. The Hall–Kier alpha value is -1.00. The fourth-order valence-electron chi connectivity index (χ4n) is 2.01. The maximum atomic E-state index is 11.7. The monoisotopic (exact) mass is 243 g/mol. The SMILES string of the molecule is O=C(NCC1(O)CCCC1)c1ccoc1Cl. The lowest BCUT2D eigenvalue weighted by atomic mass is 10.0. The average Bonchev–Trinajstić information content (AvgIpc) is 2.85. The zero-order chi connectivity index (χ0) is 11.6. The van der Waals surface area contributed by atoms with Gasteiger partial charge >= 0.3 is 0 Å². The summed E-state index contributed by atoms with van der Waals surface area (Å²) in [6.07, 6.45) is 4.87. The number of hydrogen-bond donors (Lipinski definition) is 2. The molecule has 5 heteroatoms. The zero-order valence-electron chi connectivity index (χ0n) is 8.83. The van der Waals surface area contributed by atoms with Gasteiger partial charge in [-0.1, -0.05) is 12.8 Å². The summed E-state index contributed by atoms with van der Waals surface area (Å²) in [5.41, 5.74) is -0.436. The number of hydrogen-bond acceptors (Lipinski definition) is 3. The minimum absolute atomic E-state index is 0.0795. The van der Waals surface area contributed by atoms with Crippen LogP contribution in [0.4, 0.5) is 0 Å². The number of carbonyl (C=O) groups excluding carboxylic acids is 1. The van der Waals surface area contributed by atoms with Gasteiger partial charge in [-0.15, -0.1) is 0 Å². The second-order valence-corrected chi connectivity index (χ2v) is 4.57. The van der Waals surface area contributed by atoms with Crippen molar-refractivity contribution in [2.45, 2.75) is 31.3 Å². The Bertz CT molecular complexity index is 382. The van der Waals surface area contributed by atoms with E-state index in [2.05, 4.69) is 5.32 Å². The van der Waals surface area contributed by atoms with E-state index >= 15 is 0 Å². The topological polar surface area (TPSA) is 62.5 Å². The normalized spacial score (nSPS) is 18.6. The van der Waals surface area contributed by atoms with Gasteiger partial charge in [0.1, 0.15) is 0 Å². The average molecular weight is 244 g/mol. The van der Waals surface area contributed by atoms with E-state index in [0.29, 0.717) is 5.56 Å². The zero-order valence-corrected chi connectivity index (χ0v) is 9.59. The molecule has 1 aromatic heterocycles. The lowest BCUT2D eigenvalue weighted by Crippen LogP contribution is -2.40. The molecule has 1 fully saturated rings. The molecular formula is C11H14ClNO3. The highest BCUT2D eigenvalue weighted by Gasteiger charge is 2.31. The Morgan fingerprint density at radius 3 is 2.81 bits per heavy atom. The van der Waals surface area contributed by atoms with E-state index in [1.54, 1.807) is 0 Å². The van der Waals surface area contributed by atoms with Crippen LogP contribution in [0.2, 0.25) is 5.22 Å². The lowest BCUT2D eigenvalue weighted by molar-refractivity contribution is 0.0449. The van der Waals surface area contributed by atoms with E-state index in [1.165, 1.54) is 12.3 Å².